The summed E-state index contributed by atoms with van der Waals surface area (Å²) in [5, 5.41) is 2.78. The summed E-state index contributed by atoms with van der Waals surface area (Å²) in [6, 6.07) is 13.8. The Hall–Kier alpha value is -2.94. The minimum Gasteiger partial charge on any atom is -0.352 e. The molecule has 2 amide bonds. The molecular formula is C24H32FN3O4S. The molecule has 0 bridgehead atoms. The van der Waals surface area contributed by atoms with Crippen LogP contribution in [0.2, 0.25) is 0 Å². The van der Waals surface area contributed by atoms with Crippen molar-refractivity contribution < 1.29 is 22.4 Å². The van der Waals surface area contributed by atoms with Crippen molar-refractivity contribution in [3.8, 4) is 0 Å². The third-order valence-electron chi connectivity index (χ3n) is 5.09. The fourth-order valence-corrected chi connectivity index (χ4v) is 4.36. The van der Waals surface area contributed by atoms with E-state index in [-0.39, 0.29) is 43.8 Å². The molecule has 180 valence electrons. The lowest BCUT2D eigenvalue weighted by atomic mass is 10.1. The van der Waals surface area contributed by atoms with Crippen LogP contribution in [-0.4, -0.2) is 50.0 Å². The van der Waals surface area contributed by atoms with Crippen LogP contribution < -0.4 is 9.62 Å². The minimum atomic E-state index is -3.54. The quantitative estimate of drug-likeness (QED) is 0.538. The number of carbonyl (C=O) groups excluding carboxylic acids is 2. The van der Waals surface area contributed by atoms with E-state index in [4.69, 9.17) is 0 Å². The van der Waals surface area contributed by atoms with Gasteiger partial charge in [-0.3, -0.25) is 13.9 Å². The minimum absolute atomic E-state index is 0.00655. The van der Waals surface area contributed by atoms with Crippen LogP contribution in [0.25, 0.3) is 0 Å². The molecule has 0 aliphatic carbocycles. The molecule has 0 saturated heterocycles. The van der Waals surface area contributed by atoms with E-state index in [1.807, 2.05) is 13.8 Å². The summed E-state index contributed by atoms with van der Waals surface area (Å²) in [6.07, 6.45) is 1.37. The molecule has 0 aliphatic heterocycles. The number of nitrogens with zero attached hydrogens (tertiary/aromatic N) is 2. The molecule has 2 rings (SSSR count). The van der Waals surface area contributed by atoms with Crippen molar-refractivity contribution in [3.05, 3.63) is 66.0 Å². The molecule has 0 unspecified atom stereocenters. The standard InChI is InChI=1S/C24H32FN3O4S/c1-18(2)26-24(30)19(3)27(17-20-11-8-9-14-22(20)25)23(29)15-10-16-28(33(4,31)32)21-12-6-5-7-13-21/h5-9,11-14,18-19H,10,15-17H2,1-4H3,(H,26,30)/t19-/m1/s1. The second-order valence-electron chi connectivity index (χ2n) is 8.23. The Morgan fingerprint density at radius 1 is 1.00 bits per heavy atom. The predicted octanol–water partition coefficient (Wildman–Crippen LogP) is 3.31. The maximum atomic E-state index is 14.3. The summed E-state index contributed by atoms with van der Waals surface area (Å²) in [7, 11) is -3.54. The van der Waals surface area contributed by atoms with E-state index >= 15 is 0 Å². The lowest BCUT2D eigenvalue weighted by molar-refractivity contribution is -0.140. The van der Waals surface area contributed by atoms with Gasteiger partial charge >= 0.3 is 0 Å². The summed E-state index contributed by atoms with van der Waals surface area (Å²) >= 11 is 0. The summed E-state index contributed by atoms with van der Waals surface area (Å²) in [4.78, 5) is 27.0. The molecule has 0 spiro atoms. The van der Waals surface area contributed by atoms with Gasteiger partial charge < -0.3 is 10.2 Å². The monoisotopic (exact) mass is 477 g/mol. The second-order valence-corrected chi connectivity index (χ2v) is 10.1. The van der Waals surface area contributed by atoms with E-state index in [0.717, 1.165) is 6.26 Å². The molecule has 0 heterocycles. The van der Waals surface area contributed by atoms with Crippen LogP contribution in [0, 0.1) is 5.82 Å². The summed E-state index contributed by atoms with van der Waals surface area (Å²) in [5.74, 6) is -1.15. The lowest BCUT2D eigenvalue weighted by Crippen LogP contribution is -2.49. The Morgan fingerprint density at radius 3 is 2.18 bits per heavy atom. The highest BCUT2D eigenvalue weighted by molar-refractivity contribution is 7.92. The van der Waals surface area contributed by atoms with E-state index in [0.29, 0.717) is 11.3 Å². The largest absolute Gasteiger partial charge is 0.352 e. The average molecular weight is 478 g/mol. The molecule has 0 aromatic heterocycles. The molecule has 33 heavy (non-hydrogen) atoms. The maximum absolute atomic E-state index is 14.3. The number of halogens is 1. The maximum Gasteiger partial charge on any atom is 0.242 e. The van der Waals surface area contributed by atoms with Gasteiger partial charge in [0.25, 0.3) is 0 Å². The van der Waals surface area contributed by atoms with Crippen molar-refractivity contribution in [1.29, 1.82) is 0 Å². The average Bonchev–Trinajstić information content (AvgIpc) is 2.74. The summed E-state index contributed by atoms with van der Waals surface area (Å²) in [6.45, 7) is 5.28. The molecule has 2 aromatic carbocycles. The van der Waals surface area contributed by atoms with Gasteiger partial charge in [-0.05, 0) is 45.4 Å². The van der Waals surface area contributed by atoms with Gasteiger partial charge in [-0.1, -0.05) is 36.4 Å². The number of carbonyl (C=O) groups is 2. The first-order valence-corrected chi connectivity index (χ1v) is 12.7. The number of benzene rings is 2. The highest BCUT2D eigenvalue weighted by atomic mass is 32.2. The van der Waals surface area contributed by atoms with Gasteiger partial charge in [0, 0.05) is 31.1 Å². The Morgan fingerprint density at radius 2 is 1.61 bits per heavy atom. The zero-order valence-corrected chi connectivity index (χ0v) is 20.3. The number of hydrogen-bond acceptors (Lipinski definition) is 4. The number of sulfonamides is 1. The number of nitrogens with one attached hydrogen (secondary N) is 1. The first-order valence-electron chi connectivity index (χ1n) is 10.9. The highest BCUT2D eigenvalue weighted by Gasteiger charge is 2.27. The van der Waals surface area contributed by atoms with Gasteiger partial charge in [0.1, 0.15) is 11.9 Å². The van der Waals surface area contributed by atoms with E-state index in [1.54, 1.807) is 55.5 Å². The smallest absolute Gasteiger partial charge is 0.242 e. The molecular weight excluding hydrogens is 445 g/mol. The van der Waals surface area contributed by atoms with Gasteiger partial charge in [0.2, 0.25) is 21.8 Å². The Kier molecular flexibility index (Phi) is 9.40. The molecule has 2 aromatic rings. The van der Waals surface area contributed by atoms with Crippen LogP contribution >= 0.6 is 0 Å². The van der Waals surface area contributed by atoms with Crippen molar-refractivity contribution in [2.24, 2.45) is 0 Å². The van der Waals surface area contributed by atoms with Crippen LogP contribution in [0.4, 0.5) is 10.1 Å². The van der Waals surface area contributed by atoms with Gasteiger partial charge in [-0.15, -0.1) is 0 Å². The van der Waals surface area contributed by atoms with Gasteiger partial charge in [0.05, 0.1) is 11.9 Å². The van der Waals surface area contributed by atoms with E-state index in [1.165, 1.54) is 15.3 Å². The predicted molar refractivity (Wildman–Crippen MR) is 128 cm³/mol. The number of rotatable bonds is 11. The van der Waals surface area contributed by atoms with Crippen molar-refractivity contribution in [3.63, 3.8) is 0 Å². The van der Waals surface area contributed by atoms with Crippen molar-refractivity contribution in [2.75, 3.05) is 17.1 Å². The number of amides is 2. The van der Waals surface area contributed by atoms with E-state index in [2.05, 4.69) is 5.32 Å². The summed E-state index contributed by atoms with van der Waals surface area (Å²) < 4.78 is 40.0. The van der Waals surface area contributed by atoms with Crippen LogP contribution in [0.1, 0.15) is 39.2 Å². The van der Waals surface area contributed by atoms with Crippen molar-refractivity contribution in [1.82, 2.24) is 10.2 Å². The molecule has 0 aliphatic rings. The first-order chi connectivity index (χ1) is 15.5. The van der Waals surface area contributed by atoms with Crippen LogP contribution in [0.3, 0.4) is 0 Å². The summed E-state index contributed by atoms with van der Waals surface area (Å²) in [5.41, 5.74) is 0.817. The van der Waals surface area contributed by atoms with Gasteiger partial charge in [-0.25, -0.2) is 12.8 Å². The van der Waals surface area contributed by atoms with Crippen molar-refractivity contribution in [2.45, 2.75) is 52.2 Å². The van der Waals surface area contributed by atoms with Crippen molar-refractivity contribution >= 4 is 27.5 Å². The van der Waals surface area contributed by atoms with Gasteiger partial charge in [0.15, 0.2) is 0 Å². The van der Waals surface area contributed by atoms with E-state index < -0.39 is 21.9 Å². The number of hydrogen-bond donors (Lipinski definition) is 1. The zero-order chi connectivity index (χ0) is 24.6. The normalized spacial score (nSPS) is 12.3. The second kappa shape index (κ2) is 11.8. The Labute approximate surface area is 195 Å². The topological polar surface area (TPSA) is 86.8 Å². The number of anilines is 1. The molecule has 1 N–H and O–H groups in total. The lowest BCUT2D eigenvalue weighted by Gasteiger charge is -2.30. The van der Waals surface area contributed by atoms with Crippen LogP contribution in [0.15, 0.2) is 54.6 Å². The molecule has 9 heteroatoms. The SMILES string of the molecule is CC(C)NC(=O)[C@@H](C)N(Cc1ccccc1F)C(=O)CCCN(c1ccccc1)S(C)(=O)=O. The zero-order valence-electron chi connectivity index (χ0n) is 19.5. The van der Waals surface area contributed by atoms with E-state index in [9.17, 15) is 22.4 Å². The third-order valence-corrected chi connectivity index (χ3v) is 6.29. The third kappa shape index (κ3) is 7.85. The van der Waals surface area contributed by atoms with Gasteiger partial charge in [-0.2, -0.15) is 0 Å². The molecule has 7 nitrogen and oxygen atoms in total. The first kappa shape index (κ1) is 26.3. The molecule has 0 radical (unpaired) electrons. The van der Waals surface area contributed by atoms with Crippen LogP contribution in [0.5, 0.6) is 0 Å². The highest BCUT2D eigenvalue weighted by Crippen LogP contribution is 2.19. The Balaban J connectivity index is 2.16. The van der Waals surface area contributed by atoms with Crippen LogP contribution in [-0.2, 0) is 26.2 Å². The Bertz CT molecular complexity index is 1040. The molecule has 0 saturated carbocycles. The number of para-hydroxylation sites is 1. The fraction of sp³-hybridized carbons (Fsp3) is 0.417. The molecule has 1 atom stereocenters. The molecule has 0 fully saturated rings. The fourth-order valence-electron chi connectivity index (χ4n) is 3.40.